The van der Waals surface area contributed by atoms with E-state index < -0.39 is 47.9 Å². The molecule has 1 aliphatic heterocycles. The Morgan fingerprint density at radius 3 is 2.27 bits per heavy atom. The summed E-state index contributed by atoms with van der Waals surface area (Å²) in [7, 11) is 0. The normalized spacial score (nSPS) is 24.4. The number of nitriles is 1. The Bertz CT molecular complexity index is 985. The van der Waals surface area contributed by atoms with E-state index in [9.17, 15) is 19.2 Å². The quantitative estimate of drug-likeness (QED) is 0.458. The molecule has 0 spiro atoms. The number of hydrogen-bond acceptors (Lipinski definition) is 6. The number of esters is 1. The van der Waals surface area contributed by atoms with Gasteiger partial charge in [-0.1, -0.05) is 52.7 Å². The van der Waals surface area contributed by atoms with E-state index >= 15 is 0 Å². The maximum absolute atomic E-state index is 13.2. The molecule has 3 amide bonds. The van der Waals surface area contributed by atoms with Crippen LogP contribution >= 0.6 is 0 Å². The standard InChI is InChI=1S/C28H40N4O5/c1-6-7-8-18(4)24-15-25(33)31-22(14-20-9-11-21(16-29)12-10-20)27(35)30-19(5)26(34)32-23(13-17(2)3)28(36)37-24/h9-12,17-19,22-24H,6-8,13-15H2,1-5H3,(H,30,35)(H,31,33)(H,32,34)/t18-,19-,22-,23+,24+/m0/s1. The number of nitrogens with one attached hydrogen (secondary N) is 3. The minimum absolute atomic E-state index is 0.0834. The summed E-state index contributed by atoms with van der Waals surface area (Å²) in [6.07, 6.45) is 2.42. The van der Waals surface area contributed by atoms with Crippen LogP contribution in [-0.2, 0) is 30.3 Å². The van der Waals surface area contributed by atoms with Crippen LogP contribution in [-0.4, -0.2) is 47.9 Å². The fraction of sp³-hybridized carbons (Fsp3) is 0.607. The number of carbonyl (C=O) groups excluding carboxylic acids is 4. The van der Waals surface area contributed by atoms with Crippen molar-refractivity contribution in [3.8, 4) is 6.07 Å². The van der Waals surface area contributed by atoms with Crippen LogP contribution in [0.2, 0.25) is 0 Å². The van der Waals surface area contributed by atoms with E-state index in [1.807, 2.05) is 20.8 Å². The van der Waals surface area contributed by atoms with E-state index in [1.165, 1.54) is 6.92 Å². The van der Waals surface area contributed by atoms with Gasteiger partial charge in [0, 0.05) is 6.42 Å². The summed E-state index contributed by atoms with van der Waals surface area (Å²) in [5.74, 6) is -1.98. The van der Waals surface area contributed by atoms with Gasteiger partial charge >= 0.3 is 5.97 Å². The molecule has 1 heterocycles. The number of benzene rings is 1. The van der Waals surface area contributed by atoms with E-state index in [-0.39, 0.29) is 24.7 Å². The summed E-state index contributed by atoms with van der Waals surface area (Å²) in [6, 6.07) is 6.02. The van der Waals surface area contributed by atoms with Gasteiger partial charge < -0.3 is 20.7 Å². The van der Waals surface area contributed by atoms with Gasteiger partial charge in [0.05, 0.1) is 18.1 Å². The lowest BCUT2D eigenvalue weighted by Crippen LogP contribution is -2.55. The van der Waals surface area contributed by atoms with Crippen molar-refractivity contribution in [3.05, 3.63) is 35.4 Å². The fourth-order valence-corrected chi connectivity index (χ4v) is 4.26. The van der Waals surface area contributed by atoms with Gasteiger partial charge in [0.2, 0.25) is 17.7 Å². The molecule has 1 aliphatic rings. The molecule has 0 bridgehead atoms. The summed E-state index contributed by atoms with van der Waals surface area (Å²) in [6.45, 7) is 9.42. The van der Waals surface area contributed by atoms with E-state index in [4.69, 9.17) is 10.00 Å². The molecular formula is C28H40N4O5. The first kappa shape index (κ1) is 29.8. The zero-order valence-corrected chi connectivity index (χ0v) is 22.5. The Labute approximate surface area is 219 Å². The highest BCUT2D eigenvalue weighted by atomic mass is 16.5. The van der Waals surface area contributed by atoms with Crippen molar-refractivity contribution in [2.75, 3.05) is 0 Å². The maximum atomic E-state index is 13.2. The highest BCUT2D eigenvalue weighted by Gasteiger charge is 2.33. The summed E-state index contributed by atoms with van der Waals surface area (Å²) < 4.78 is 5.85. The highest BCUT2D eigenvalue weighted by Crippen LogP contribution is 2.21. The molecule has 0 unspecified atom stereocenters. The van der Waals surface area contributed by atoms with Gasteiger partial charge in [0.25, 0.3) is 0 Å². The van der Waals surface area contributed by atoms with E-state index in [0.717, 1.165) is 24.8 Å². The van der Waals surface area contributed by atoms with Gasteiger partial charge in [-0.15, -0.1) is 0 Å². The smallest absolute Gasteiger partial charge is 0.328 e. The SMILES string of the molecule is CCCC[C@H](C)[C@H]1CC(=O)N[C@@H](Cc2ccc(C#N)cc2)C(=O)N[C@@H](C)C(=O)N[C@H](CC(C)C)C(=O)O1. The van der Waals surface area contributed by atoms with Crippen LogP contribution in [0, 0.1) is 23.2 Å². The Morgan fingerprint density at radius 1 is 1.00 bits per heavy atom. The maximum Gasteiger partial charge on any atom is 0.328 e. The molecule has 1 fully saturated rings. The number of hydrogen-bond donors (Lipinski definition) is 3. The van der Waals surface area contributed by atoms with Crippen LogP contribution < -0.4 is 16.0 Å². The number of cyclic esters (lactones) is 1. The third kappa shape index (κ3) is 9.52. The summed E-state index contributed by atoms with van der Waals surface area (Å²) in [4.78, 5) is 52.3. The first-order valence-corrected chi connectivity index (χ1v) is 13.1. The predicted molar refractivity (Wildman–Crippen MR) is 139 cm³/mol. The molecule has 3 N–H and O–H groups in total. The second-order valence-electron chi connectivity index (χ2n) is 10.4. The van der Waals surface area contributed by atoms with Gasteiger partial charge in [-0.05, 0) is 49.3 Å². The molecule has 0 aliphatic carbocycles. The molecule has 0 aromatic heterocycles. The lowest BCUT2D eigenvalue weighted by atomic mass is 9.94. The van der Waals surface area contributed by atoms with Crippen molar-refractivity contribution >= 4 is 23.7 Å². The molecule has 9 heteroatoms. The Balaban J connectivity index is 2.36. The molecule has 0 radical (unpaired) electrons. The Hall–Kier alpha value is -3.41. The van der Waals surface area contributed by atoms with Crippen molar-refractivity contribution in [1.82, 2.24) is 16.0 Å². The minimum Gasteiger partial charge on any atom is -0.460 e. The molecule has 0 saturated carbocycles. The zero-order valence-electron chi connectivity index (χ0n) is 22.5. The van der Waals surface area contributed by atoms with E-state index in [0.29, 0.717) is 12.0 Å². The van der Waals surface area contributed by atoms with Crippen LogP contribution in [0.25, 0.3) is 0 Å². The monoisotopic (exact) mass is 512 g/mol. The lowest BCUT2D eigenvalue weighted by Gasteiger charge is -2.27. The van der Waals surface area contributed by atoms with Crippen LogP contribution in [0.1, 0.15) is 77.8 Å². The van der Waals surface area contributed by atoms with Crippen molar-refractivity contribution in [1.29, 1.82) is 5.26 Å². The average Bonchev–Trinajstić information content (AvgIpc) is 2.85. The van der Waals surface area contributed by atoms with Gasteiger partial charge in [0.1, 0.15) is 24.2 Å². The number of amides is 3. The summed E-state index contributed by atoms with van der Waals surface area (Å²) in [5, 5.41) is 17.2. The molecule has 202 valence electrons. The van der Waals surface area contributed by atoms with E-state index in [1.54, 1.807) is 24.3 Å². The minimum atomic E-state index is -0.954. The Morgan fingerprint density at radius 2 is 1.68 bits per heavy atom. The number of ether oxygens (including phenoxy) is 1. The highest BCUT2D eigenvalue weighted by molar-refractivity contribution is 5.94. The number of nitrogens with zero attached hydrogens (tertiary/aromatic N) is 1. The first-order chi connectivity index (χ1) is 17.5. The topological polar surface area (TPSA) is 137 Å². The van der Waals surface area contributed by atoms with Crippen LogP contribution in [0.4, 0.5) is 0 Å². The van der Waals surface area contributed by atoms with Gasteiger partial charge in [0.15, 0.2) is 0 Å². The van der Waals surface area contributed by atoms with Crippen molar-refractivity contribution in [2.45, 2.75) is 97.4 Å². The first-order valence-electron chi connectivity index (χ1n) is 13.1. The summed E-state index contributed by atoms with van der Waals surface area (Å²) in [5.41, 5.74) is 1.23. The van der Waals surface area contributed by atoms with E-state index in [2.05, 4.69) is 28.9 Å². The molecule has 2 rings (SSSR count). The lowest BCUT2D eigenvalue weighted by molar-refractivity contribution is -0.157. The van der Waals surface area contributed by atoms with Gasteiger partial charge in [-0.25, -0.2) is 4.79 Å². The van der Waals surface area contributed by atoms with Gasteiger partial charge in [-0.3, -0.25) is 14.4 Å². The Kier molecular flexibility index (Phi) is 11.6. The van der Waals surface area contributed by atoms with Gasteiger partial charge in [-0.2, -0.15) is 5.26 Å². The largest absolute Gasteiger partial charge is 0.460 e. The molecule has 1 aromatic carbocycles. The molecular weight excluding hydrogens is 472 g/mol. The summed E-state index contributed by atoms with van der Waals surface area (Å²) >= 11 is 0. The van der Waals surface area contributed by atoms with Crippen molar-refractivity contribution in [3.63, 3.8) is 0 Å². The molecule has 9 nitrogen and oxygen atoms in total. The number of carbonyl (C=O) groups is 4. The number of rotatable bonds is 8. The van der Waals surface area contributed by atoms with Crippen molar-refractivity contribution in [2.24, 2.45) is 11.8 Å². The predicted octanol–water partition coefficient (Wildman–Crippen LogP) is 2.76. The van der Waals surface area contributed by atoms with Crippen molar-refractivity contribution < 1.29 is 23.9 Å². The fourth-order valence-electron chi connectivity index (χ4n) is 4.26. The average molecular weight is 513 g/mol. The number of unbranched alkanes of at least 4 members (excludes halogenated alkanes) is 1. The van der Waals surface area contributed by atoms with Crippen LogP contribution in [0.3, 0.4) is 0 Å². The second-order valence-corrected chi connectivity index (χ2v) is 10.4. The van der Waals surface area contributed by atoms with Crippen LogP contribution in [0.5, 0.6) is 0 Å². The molecule has 1 aromatic rings. The zero-order chi connectivity index (χ0) is 27.5. The second kappa shape index (κ2) is 14.4. The van der Waals surface area contributed by atoms with Crippen LogP contribution in [0.15, 0.2) is 24.3 Å². The molecule has 1 saturated heterocycles. The molecule has 5 atom stereocenters. The molecule has 37 heavy (non-hydrogen) atoms. The third-order valence-corrected chi connectivity index (χ3v) is 6.54. The third-order valence-electron chi connectivity index (χ3n) is 6.54.